The van der Waals surface area contributed by atoms with E-state index in [1.807, 2.05) is 0 Å². The van der Waals surface area contributed by atoms with Crippen molar-refractivity contribution in [2.24, 2.45) is 0 Å². The Kier molecular flexibility index (Phi) is 2.93. The first-order chi connectivity index (χ1) is 5.25. The fourth-order valence-corrected chi connectivity index (χ4v) is 0.829. The van der Waals surface area contributed by atoms with Crippen molar-refractivity contribution < 1.29 is 32.8 Å². The summed E-state index contributed by atoms with van der Waals surface area (Å²) < 4.78 is 28.5. The van der Waals surface area contributed by atoms with Crippen LogP contribution in [-0.2, 0) is 19.7 Å². The Labute approximate surface area is 66.7 Å². The molecular formula is C4H4O7S. The topological polar surface area (TPSA) is 129 Å². The SMILES string of the molecule is O=C(O)/C=C(\C(=O)O)S(=O)(=O)O. The number of hydrogen-bond donors (Lipinski definition) is 3. The van der Waals surface area contributed by atoms with Crippen LogP contribution in [0.2, 0.25) is 0 Å². The van der Waals surface area contributed by atoms with E-state index < -0.39 is 27.0 Å². The van der Waals surface area contributed by atoms with Crippen molar-refractivity contribution >= 4 is 22.1 Å². The van der Waals surface area contributed by atoms with Crippen LogP contribution >= 0.6 is 0 Å². The van der Waals surface area contributed by atoms with Crippen molar-refractivity contribution in [3.05, 3.63) is 11.0 Å². The van der Waals surface area contributed by atoms with Crippen molar-refractivity contribution in [2.75, 3.05) is 0 Å². The molecule has 0 aliphatic heterocycles. The summed E-state index contributed by atoms with van der Waals surface area (Å²) in [6, 6.07) is 0. The van der Waals surface area contributed by atoms with E-state index >= 15 is 0 Å². The van der Waals surface area contributed by atoms with Gasteiger partial charge in [-0.1, -0.05) is 0 Å². The van der Waals surface area contributed by atoms with Crippen LogP contribution in [0.3, 0.4) is 0 Å². The maximum Gasteiger partial charge on any atom is 0.350 e. The molecule has 0 radical (unpaired) electrons. The van der Waals surface area contributed by atoms with Gasteiger partial charge in [-0.3, -0.25) is 4.55 Å². The number of aliphatic carboxylic acids is 2. The molecule has 0 aromatic carbocycles. The average molecular weight is 196 g/mol. The monoisotopic (exact) mass is 196 g/mol. The maximum atomic E-state index is 10.2. The zero-order chi connectivity index (χ0) is 9.94. The third-order valence-corrected chi connectivity index (χ3v) is 1.59. The van der Waals surface area contributed by atoms with Gasteiger partial charge < -0.3 is 10.2 Å². The zero-order valence-electron chi connectivity index (χ0n) is 5.46. The highest BCUT2D eigenvalue weighted by molar-refractivity contribution is 7.90. The second-order valence-electron chi connectivity index (χ2n) is 1.63. The van der Waals surface area contributed by atoms with Crippen LogP contribution in [0, 0.1) is 0 Å². The number of rotatable bonds is 3. The van der Waals surface area contributed by atoms with E-state index in [0.717, 1.165) is 0 Å². The summed E-state index contributed by atoms with van der Waals surface area (Å²) >= 11 is 0. The molecule has 0 rings (SSSR count). The Morgan fingerprint density at radius 2 is 1.58 bits per heavy atom. The Bertz CT molecular complexity index is 334. The van der Waals surface area contributed by atoms with E-state index in [0.29, 0.717) is 0 Å². The molecule has 0 saturated heterocycles. The summed E-state index contributed by atoms with van der Waals surface area (Å²) in [5.41, 5.74) is 0. The molecule has 0 aromatic rings. The number of carboxylic acid groups (broad SMARTS) is 2. The van der Waals surface area contributed by atoms with Gasteiger partial charge in [-0.2, -0.15) is 8.42 Å². The third kappa shape index (κ3) is 3.12. The van der Waals surface area contributed by atoms with Gasteiger partial charge in [0, 0.05) is 0 Å². The van der Waals surface area contributed by atoms with Crippen LogP contribution in [0.25, 0.3) is 0 Å². The summed E-state index contributed by atoms with van der Waals surface area (Å²) in [5.74, 6) is -3.80. The molecule has 0 atom stereocenters. The third-order valence-electron chi connectivity index (χ3n) is 0.743. The lowest BCUT2D eigenvalue weighted by Crippen LogP contribution is -2.13. The summed E-state index contributed by atoms with van der Waals surface area (Å²) in [5, 5.41) is 16.1. The maximum absolute atomic E-state index is 10.2. The Balaban J connectivity index is 5.23. The molecule has 0 amide bonds. The van der Waals surface area contributed by atoms with Crippen LogP contribution in [0.1, 0.15) is 0 Å². The van der Waals surface area contributed by atoms with E-state index in [9.17, 15) is 18.0 Å². The molecule has 0 fully saturated rings. The number of hydrogen-bond acceptors (Lipinski definition) is 4. The van der Waals surface area contributed by atoms with Gasteiger partial charge in [-0.15, -0.1) is 0 Å². The minimum atomic E-state index is -4.98. The standard InChI is InChI=1S/C4H4O7S/c5-3(6)1-2(4(7)8)12(9,10)11/h1H,(H,5,6)(H,7,8)(H,9,10,11)/b2-1+. The van der Waals surface area contributed by atoms with Gasteiger partial charge in [-0.25, -0.2) is 9.59 Å². The summed E-state index contributed by atoms with van der Waals surface area (Å²) in [6.07, 6.45) is -0.113. The van der Waals surface area contributed by atoms with Crippen LogP contribution in [0.15, 0.2) is 11.0 Å². The molecule has 0 saturated carbocycles. The van der Waals surface area contributed by atoms with Crippen molar-refractivity contribution in [3.63, 3.8) is 0 Å². The van der Waals surface area contributed by atoms with Gasteiger partial charge in [0.25, 0.3) is 0 Å². The molecule has 3 N–H and O–H groups in total. The Morgan fingerprint density at radius 3 is 1.67 bits per heavy atom. The van der Waals surface area contributed by atoms with E-state index in [1.165, 1.54) is 0 Å². The first-order valence-electron chi connectivity index (χ1n) is 2.40. The van der Waals surface area contributed by atoms with Crippen LogP contribution < -0.4 is 0 Å². The fourth-order valence-electron chi connectivity index (χ4n) is 0.359. The molecule has 0 aliphatic carbocycles. The molecule has 0 aromatic heterocycles. The average Bonchev–Trinajstić information content (AvgIpc) is 1.79. The predicted octanol–water partition coefficient (Wildman–Crippen LogP) is -1.07. The van der Waals surface area contributed by atoms with Crippen LogP contribution in [0.5, 0.6) is 0 Å². The molecule has 0 unspecified atom stereocenters. The van der Waals surface area contributed by atoms with Crippen molar-refractivity contribution in [1.82, 2.24) is 0 Å². The van der Waals surface area contributed by atoms with Crippen LogP contribution in [0.4, 0.5) is 0 Å². The molecule has 0 aliphatic rings. The number of carboxylic acids is 2. The highest BCUT2D eigenvalue weighted by atomic mass is 32.2. The lowest BCUT2D eigenvalue weighted by Gasteiger charge is -1.94. The van der Waals surface area contributed by atoms with Crippen LogP contribution in [-0.4, -0.2) is 35.1 Å². The molecule has 8 heteroatoms. The summed E-state index contributed by atoms with van der Waals surface area (Å²) in [6.45, 7) is 0. The first-order valence-corrected chi connectivity index (χ1v) is 3.84. The van der Waals surface area contributed by atoms with Gasteiger partial charge in [0.2, 0.25) is 0 Å². The first kappa shape index (κ1) is 10.6. The quantitative estimate of drug-likeness (QED) is 0.387. The Morgan fingerprint density at radius 1 is 1.17 bits per heavy atom. The highest BCUT2D eigenvalue weighted by Crippen LogP contribution is 2.03. The Hall–Kier alpha value is -1.41. The minimum absolute atomic E-state index is 0.113. The molecule has 12 heavy (non-hydrogen) atoms. The van der Waals surface area contributed by atoms with Crippen molar-refractivity contribution in [1.29, 1.82) is 0 Å². The molecule has 0 spiro atoms. The fraction of sp³-hybridized carbons (Fsp3) is 0. The van der Waals surface area contributed by atoms with Gasteiger partial charge in [-0.05, 0) is 0 Å². The largest absolute Gasteiger partial charge is 0.478 e. The van der Waals surface area contributed by atoms with Gasteiger partial charge in [0.05, 0.1) is 6.08 Å². The number of carbonyl (C=O) groups is 2. The minimum Gasteiger partial charge on any atom is -0.478 e. The molecular weight excluding hydrogens is 192 g/mol. The highest BCUT2D eigenvalue weighted by Gasteiger charge is 2.22. The van der Waals surface area contributed by atoms with Gasteiger partial charge in [0.1, 0.15) is 0 Å². The van der Waals surface area contributed by atoms with E-state index in [-0.39, 0.29) is 6.08 Å². The van der Waals surface area contributed by atoms with Crippen molar-refractivity contribution in [2.45, 2.75) is 0 Å². The predicted molar refractivity (Wildman–Crippen MR) is 34.9 cm³/mol. The lowest BCUT2D eigenvalue weighted by atomic mass is 10.5. The molecule has 0 bridgehead atoms. The van der Waals surface area contributed by atoms with E-state index in [4.69, 9.17) is 14.8 Å². The molecule has 68 valence electrons. The second kappa shape index (κ2) is 3.32. The van der Waals surface area contributed by atoms with Gasteiger partial charge >= 0.3 is 22.1 Å². The molecule has 7 nitrogen and oxygen atoms in total. The van der Waals surface area contributed by atoms with E-state index in [2.05, 4.69) is 0 Å². The zero-order valence-corrected chi connectivity index (χ0v) is 6.28. The summed E-state index contributed by atoms with van der Waals surface area (Å²) in [4.78, 5) is 18.3. The van der Waals surface area contributed by atoms with Crippen molar-refractivity contribution in [3.8, 4) is 0 Å². The summed E-state index contributed by atoms with van der Waals surface area (Å²) in [7, 11) is -4.98. The second-order valence-corrected chi connectivity index (χ2v) is 3.02. The molecule has 0 heterocycles. The smallest absolute Gasteiger partial charge is 0.350 e. The normalized spacial score (nSPS) is 12.6. The van der Waals surface area contributed by atoms with Gasteiger partial charge in [0.15, 0.2) is 4.91 Å². The lowest BCUT2D eigenvalue weighted by molar-refractivity contribution is -0.134. The van der Waals surface area contributed by atoms with E-state index in [1.54, 1.807) is 0 Å².